The van der Waals surface area contributed by atoms with Crippen molar-refractivity contribution >= 4 is 39.6 Å². The summed E-state index contributed by atoms with van der Waals surface area (Å²) in [4.78, 5) is 25.8. The van der Waals surface area contributed by atoms with Crippen LogP contribution in [0.3, 0.4) is 0 Å². The fourth-order valence-corrected chi connectivity index (χ4v) is 4.22. The van der Waals surface area contributed by atoms with Gasteiger partial charge in [0.2, 0.25) is 5.43 Å². The van der Waals surface area contributed by atoms with E-state index in [2.05, 4.69) is 10.6 Å². The zero-order valence-corrected chi connectivity index (χ0v) is 20.5. The van der Waals surface area contributed by atoms with Crippen LogP contribution in [0.4, 0.5) is 22.7 Å². The highest BCUT2D eigenvalue weighted by Gasteiger charge is 2.17. The van der Waals surface area contributed by atoms with Gasteiger partial charge in [0, 0.05) is 40.9 Å². The maximum absolute atomic E-state index is 13.2. The highest BCUT2D eigenvalue weighted by Crippen LogP contribution is 2.23. The normalized spacial score (nSPS) is 10.7. The van der Waals surface area contributed by atoms with Gasteiger partial charge in [-0.25, -0.2) is 4.79 Å². The summed E-state index contributed by atoms with van der Waals surface area (Å²) in [5.41, 5.74) is 5.23. The summed E-state index contributed by atoms with van der Waals surface area (Å²) in [6, 6.07) is 33.5. The first-order valence-electron chi connectivity index (χ1n) is 12.2. The number of para-hydroxylation sites is 2. The third kappa shape index (κ3) is 5.54. The van der Waals surface area contributed by atoms with Crippen LogP contribution in [0.5, 0.6) is 0 Å². The average Bonchev–Trinajstić information content (AvgIpc) is 2.92. The second-order valence-electron chi connectivity index (χ2n) is 8.63. The van der Waals surface area contributed by atoms with E-state index in [1.54, 1.807) is 19.2 Å². The Balaban J connectivity index is 1.51. The monoisotopic (exact) mass is 489 g/mol. The van der Waals surface area contributed by atoms with Crippen LogP contribution >= 0.6 is 0 Å². The lowest BCUT2D eigenvalue weighted by Crippen LogP contribution is -2.21. The Labute approximate surface area is 215 Å². The minimum absolute atomic E-state index is 0.0282. The number of aromatic nitrogens is 1. The van der Waals surface area contributed by atoms with Gasteiger partial charge in [-0.2, -0.15) is 0 Å². The van der Waals surface area contributed by atoms with Crippen molar-refractivity contribution in [3.63, 3.8) is 0 Å². The fraction of sp³-hybridized carbons (Fsp3) is 0.0968. The molecule has 184 valence electrons. The first kappa shape index (κ1) is 23.9. The molecule has 0 fully saturated rings. The lowest BCUT2D eigenvalue weighted by atomic mass is 10.1. The Kier molecular flexibility index (Phi) is 6.99. The quantitative estimate of drug-likeness (QED) is 0.237. The SMILES string of the molecule is CCOC(=O)c1cn(Cc2ccc(Nc3ccccc3)cc2)c2cc(Nc3ccccc3)ccc2c1=O. The highest BCUT2D eigenvalue weighted by molar-refractivity contribution is 5.94. The molecule has 4 aromatic carbocycles. The Bertz CT molecular complexity index is 1580. The number of fused-ring (bicyclic) bond motifs is 1. The highest BCUT2D eigenvalue weighted by atomic mass is 16.5. The maximum Gasteiger partial charge on any atom is 0.343 e. The number of benzene rings is 4. The van der Waals surface area contributed by atoms with Crippen molar-refractivity contribution in [3.05, 3.63) is 131 Å². The van der Waals surface area contributed by atoms with E-state index in [1.165, 1.54) is 0 Å². The van der Waals surface area contributed by atoms with Gasteiger partial charge in [0.25, 0.3) is 0 Å². The zero-order chi connectivity index (χ0) is 25.6. The Morgan fingerprint density at radius 1 is 0.757 bits per heavy atom. The Morgan fingerprint density at radius 3 is 1.95 bits per heavy atom. The van der Waals surface area contributed by atoms with Gasteiger partial charge in [0.05, 0.1) is 12.1 Å². The van der Waals surface area contributed by atoms with E-state index >= 15 is 0 Å². The molecule has 6 nitrogen and oxygen atoms in total. The number of carbonyl (C=O) groups excluding carboxylic acids is 1. The van der Waals surface area contributed by atoms with Crippen LogP contribution in [0, 0.1) is 0 Å². The molecule has 5 rings (SSSR count). The molecule has 0 bridgehead atoms. The molecule has 0 spiro atoms. The zero-order valence-electron chi connectivity index (χ0n) is 20.5. The minimum atomic E-state index is -0.614. The van der Waals surface area contributed by atoms with Gasteiger partial charge in [0.15, 0.2) is 0 Å². The summed E-state index contributed by atoms with van der Waals surface area (Å²) >= 11 is 0. The molecule has 0 saturated heterocycles. The number of anilines is 4. The Hall–Kier alpha value is -4.84. The predicted molar refractivity (Wildman–Crippen MR) is 149 cm³/mol. The number of ether oxygens (including phenoxy) is 1. The van der Waals surface area contributed by atoms with Crippen LogP contribution in [-0.2, 0) is 11.3 Å². The summed E-state index contributed by atoms with van der Waals surface area (Å²) in [5, 5.41) is 7.23. The van der Waals surface area contributed by atoms with Gasteiger partial charge in [-0.05, 0) is 67.1 Å². The number of esters is 1. The molecule has 0 unspecified atom stereocenters. The third-order valence-electron chi connectivity index (χ3n) is 6.01. The molecule has 1 heterocycles. The number of rotatable bonds is 8. The van der Waals surface area contributed by atoms with Gasteiger partial charge in [-0.3, -0.25) is 4.79 Å². The van der Waals surface area contributed by atoms with Crippen molar-refractivity contribution in [1.82, 2.24) is 4.57 Å². The van der Waals surface area contributed by atoms with Crippen molar-refractivity contribution < 1.29 is 9.53 Å². The molecule has 5 aromatic rings. The van der Waals surface area contributed by atoms with E-state index in [9.17, 15) is 9.59 Å². The standard InChI is InChI=1S/C31H27N3O3/c1-2-37-31(36)28-21-34(20-22-13-15-25(16-14-22)32-23-9-5-3-6-10-23)29-19-26(17-18-27(29)30(28)35)33-24-11-7-4-8-12-24/h3-19,21,32-33H,2,20H2,1H3. The lowest BCUT2D eigenvalue weighted by molar-refractivity contribution is 0.0524. The molecular formula is C31H27N3O3. The van der Waals surface area contributed by atoms with E-state index in [4.69, 9.17) is 4.74 Å². The smallest absolute Gasteiger partial charge is 0.343 e. The molecule has 1 aromatic heterocycles. The van der Waals surface area contributed by atoms with Crippen LogP contribution in [-0.4, -0.2) is 17.1 Å². The molecule has 0 radical (unpaired) electrons. The van der Waals surface area contributed by atoms with Gasteiger partial charge >= 0.3 is 5.97 Å². The van der Waals surface area contributed by atoms with E-state index in [0.717, 1.165) is 33.8 Å². The fourth-order valence-electron chi connectivity index (χ4n) is 4.22. The summed E-state index contributed by atoms with van der Waals surface area (Å²) < 4.78 is 7.09. The van der Waals surface area contributed by atoms with Gasteiger partial charge < -0.3 is 19.9 Å². The number of nitrogens with one attached hydrogen (secondary N) is 2. The van der Waals surface area contributed by atoms with Crippen molar-refractivity contribution in [2.45, 2.75) is 13.5 Å². The number of carbonyl (C=O) groups is 1. The average molecular weight is 490 g/mol. The lowest BCUT2D eigenvalue weighted by Gasteiger charge is -2.16. The van der Waals surface area contributed by atoms with Crippen molar-refractivity contribution in [3.8, 4) is 0 Å². The summed E-state index contributed by atoms with van der Waals surface area (Å²) in [7, 11) is 0. The van der Waals surface area contributed by atoms with Crippen molar-refractivity contribution in [2.75, 3.05) is 17.2 Å². The minimum Gasteiger partial charge on any atom is -0.462 e. The Morgan fingerprint density at radius 2 is 1.32 bits per heavy atom. The number of hydrogen-bond acceptors (Lipinski definition) is 5. The molecule has 0 aliphatic carbocycles. The molecule has 37 heavy (non-hydrogen) atoms. The molecule has 6 heteroatoms. The van der Waals surface area contributed by atoms with E-state index < -0.39 is 5.97 Å². The van der Waals surface area contributed by atoms with Crippen LogP contribution in [0.1, 0.15) is 22.8 Å². The van der Waals surface area contributed by atoms with Gasteiger partial charge in [-0.15, -0.1) is 0 Å². The summed E-state index contributed by atoms with van der Waals surface area (Å²) in [6.07, 6.45) is 1.60. The first-order chi connectivity index (χ1) is 18.1. The topological polar surface area (TPSA) is 72.4 Å². The molecule has 0 aliphatic rings. The number of pyridine rings is 1. The van der Waals surface area contributed by atoms with Crippen molar-refractivity contribution in [1.29, 1.82) is 0 Å². The molecular weight excluding hydrogens is 462 g/mol. The van der Waals surface area contributed by atoms with Gasteiger partial charge in [0.1, 0.15) is 5.56 Å². The van der Waals surface area contributed by atoms with Crippen LogP contribution in [0.2, 0.25) is 0 Å². The molecule has 0 saturated carbocycles. The first-order valence-corrected chi connectivity index (χ1v) is 12.2. The van der Waals surface area contributed by atoms with E-state index in [-0.39, 0.29) is 17.6 Å². The van der Waals surface area contributed by atoms with Crippen LogP contribution in [0.25, 0.3) is 10.9 Å². The molecule has 0 amide bonds. The molecule has 0 atom stereocenters. The predicted octanol–water partition coefficient (Wildman–Crippen LogP) is 6.71. The number of hydrogen-bond donors (Lipinski definition) is 2. The van der Waals surface area contributed by atoms with Crippen LogP contribution in [0.15, 0.2) is 114 Å². The third-order valence-corrected chi connectivity index (χ3v) is 6.01. The summed E-state index contributed by atoms with van der Waals surface area (Å²) in [6.45, 7) is 2.40. The van der Waals surface area contributed by atoms with Crippen LogP contribution < -0.4 is 16.1 Å². The van der Waals surface area contributed by atoms with E-state index in [1.807, 2.05) is 102 Å². The molecule has 0 aliphatic heterocycles. The second-order valence-corrected chi connectivity index (χ2v) is 8.63. The molecule has 2 N–H and O–H groups in total. The summed E-state index contributed by atoms with van der Waals surface area (Å²) in [5.74, 6) is -0.614. The van der Waals surface area contributed by atoms with Crippen molar-refractivity contribution in [2.24, 2.45) is 0 Å². The largest absolute Gasteiger partial charge is 0.462 e. The maximum atomic E-state index is 13.2. The number of nitrogens with zero attached hydrogens (tertiary/aromatic N) is 1. The second kappa shape index (κ2) is 10.8. The van der Waals surface area contributed by atoms with E-state index in [0.29, 0.717) is 11.9 Å². The van der Waals surface area contributed by atoms with Gasteiger partial charge in [-0.1, -0.05) is 48.5 Å².